The first-order chi connectivity index (χ1) is 11.1. The number of carbonyl (C=O) groups is 1. The molecule has 8 heteroatoms. The van der Waals surface area contributed by atoms with Crippen molar-refractivity contribution in [1.82, 2.24) is 20.0 Å². The van der Waals surface area contributed by atoms with E-state index in [1.165, 1.54) is 22.6 Å². The van der Waals surface area contributed by atoms with Crippen LogP contribution in [0.25, 0.3) is 0 Å². The first-order valence-electron chi connectivity index (χ1n) is 7.63. The van der Waals surface area contributed by atoms with Gasteiger partial charge in [0.05, 0.1) is 27.8 Å². The maximum absolute atomic E-state index is 12.6. The number of halogens is 2. The van der Waals surface area contributed by atoms with Gasteiger partial charge in [0.15, 0.2) is 0 Å². The van der Waals surface area contributed by atoms with Crippen molar-refractivity contribution in [1.29, 1.82) is 0 Å². The van der Waals surface area contributed by atoms with Gasteiger partial charge in [-0.3, -0.25) is 9.48 Å². The topological polar surface area (TPSA) is 50.2 Å². The van der Waals surface area contributed by atoms with Crippen molar-refractivity contribution in [2.45, 2.75) is 32.0 Å². The summed E-state index contributed by atoms with van der Waals surface area (Å²) in [5, 5.41) is 7.90. The first-order valence-corrected chi connectivity index (χ1v) is 9.21. The predicted octanol–water partition coefficient (Wildman–Crippen LogP) is 3.33. The van der Waals surface area contributed by atoms with Gasteiger partial charge in [0, 0.05) is 31.7 Å². The van der Waals surface area contributed by atoms with E-state index in [9.17, 15) is 4.79 Å². The summed E-state index contributed by atoms with van der Waals surface area (Å²) in [7, 11) is 0. The summed E-state index contributed by atoms with van der Waals surface area (Å²) in [6.07, 6.45) is 3.78. The Hall–Kier alpha value is -1.08. The smallest absolute Gasteiger partial charge is 0.256 e. The number of hydrogen-bond donors (Lipinski definition) is 1. The number of hydrogen-bond acceptors (Lipinski definition) is 4. The largest absolute Gasteiger partial charge is 0.338 e. The van der Waals surface area contributed by atoms with Crippen molar-refractivity contribution in [3.05, 3.63) is 37.8 Å². The van der Waals surface area contributed by atoms with E-state index < -0.39 is 0 Å². The Morgan fingerprint density at radius 2 is 2.09 bits per heavy atom. The molecule has 1 fully saturated rings. The summed E-state index contributed by atoms with van der Waals surface area (Å²) < 4.78 is 3.16. The standard InChI is InChI=1S/C15H16Cl2N4OS/c16-13-5-11(14(17)23-13)15(22)20-3-1-10(2-4-20)21-12-8-18-6-9(12)7-19-21/h5,7,10,18H,1-4,6,8H2. The Kier molecular flexibility index (Phi) is 4.09. The van der Waals surface area contributed by atoms with Crippen molar-refractivity contribution in [3.63, 3.8) is 0 Å². The summed E-state index contributed by atoms with van der Waals surface area (Å²) in [6, 6.07) is 2.03. The van der Waals surface area contributed by atoms with Crippen LogP contribution >= 0.6 is 34.5 Å². The zero-order chi connectivity index (χ0) is 16.0. The second-order valence-electron chi connectivity index (χ2n) is 5.93. The van der Waals surface area contributed by atoms with Gasteiger partial charge < -0.3 is 10.2 Å². The second-order valence-corrected chi connectivity index (χ2v) is 8.21. The average molecular weight is 371 g/mol. The van der Waals surface area contributed by atoms with Gasteiger partial charge >= 0.3 is 0 Å². The predicted molar refractivity (Wildman–Crippen MR) is 91.3 cm³/mol. The van der Waals surface area contributed by atoms with Gasteiger partial charge in [0.2, 0.25) is 0 Å². The maximum atomic E-state index is 12.6. The van der Waals surface area contributed by atoms with Crippen LogP contribution in [0.2, 0.25) is 8.67 Å². The fourth-order valence-corrected chi connectivity index (χ4v) is 4.81. The van der Waals surface area contributed by atoms with Crippen LogP contribution in [0.1, 0.15) is 40.5 Å². The third-order valence-corrected chi connectivity index (χ3v) is 6.07. The minimum absolute atomic E-state index is 0.0241. The lowest BCUT2D eigenvalue weighted by atomic mass is 10.0. The summed E-state index contributed by atoms with van der Waals surface area (Å²) in [5.74, 6) is -0.0241. The molecule has 2 aromatic heterocycles. The molecule has 122 valence electrons. The number of nitrogens with one attached hydrogen (secondary N) is 1. The Bertz CT molecular complexity index is 749. The second kappa shape index (κ2) is 6.09. The van der Waals surface area contributed by atoms with Crippen molar-refractivity contribution in [2.75, 3.05) is 13.1 Å². The van der Waals surface area contributed by atoms with Gasteiger partial charge in [-0.15, -0.1) is 11.3 Å². The lowest BCUT2D eigenvalue weighted by Gasteiger charge is -2.32. The minimum atomic E-state index is -0.0241. The van der Waals surface area contributed by atoms with Crippen molar-refractivity contribution < 1.29 is 4.79 Å². The van der Waals surface area contributed by atoms with Crippen LogP contribution in [0.4, 0.5) is 0 Å². The number of thiophene rings is 1. The number of carbonyl (C=O) groups excluding carboxylic acids is 1. The third kappa shape index (κ3) is 2.78. The Morgan fingerprint density at radius 3 is 2.78 bits per heavy atom. The fraction of sp³-hybridized carbons (Fsp3) is 0.467. The van der Waals surface area contributed by atoms with E-state index in [0.717, 1.165) is 39.0 Å². The molecule has 5 nitrogen and oxygen atoms in total. The molecule has 0 spiro atoms. The molecule has 4 rings (SSSR count). The fourth-order valence-electron chi connectivity index (χ4n) is 3.37. The average Bonchev–Trinajstić information content (AvgIpc) is 3.22. The van der Waals surface area contributed by atoms with Gasteiger partial charge in [0.1, 0.15) is 4.34 Å². The van der Waals surface area contributed by atoms with Gasteiger partial charge in [-0.25, -0.2) is 0 Å². The normalized spacial score (nSPS) is 18.4. The lowest BCUT2D eigenvalue weighted by molar-refractivity contribution is 0.0689. The van der Waals surface area contributed by atoms with Crippen LogP contribution in [-0.2, 0) is 13.1 Å². The van der Waals surface area contributed by atoms with Crippen LogP contribution < -0.4 is 5.32 Å². The molecule has 1 saturated heterocycles. The SMILES string of the molecule is O=C(c1cc(Cl)sc1Cl)N1CCC(n2ncc3c2CNC3)CC1. The molecule has 0 unspecified atom stereocenters. The molecule has 0 saturated carbocycles. The highest BCUT2D eigenvalue weighted by Crippen LogP contribution is 2.33. The third-order valence-electron chi connectivity index (χ3n) is 4.58. The van der Waals surface area contributed by atoms with E-state index in [4.69, 9.17) is 23.2 Å². The molecule has 0 bridgehead atoms. The molecule has 0 atom stereocenters. The van der Waals surface area contributed by atoms with Gasteiger partial charge in [-0.05, 0) is 18.9 Å². The summed E-state index contributed by atoms with van der Waals surface area (Å²) in [6.45, 7) is 3.23. The number of aromatic nitrogens is 2. The van der Waals surface area contributed by atoms with E-state index in [-0.39, 0.29) is 5.91 Å². The molecule has 1 amide bonds. The van der Waals surface area contributed by atoms with Crippen LogP contribution in [0, 0.1) is 0 Å². The summed E-state index contributed by atoms with van der Waals surface area (Å²) in [5.41, 5.74) is 3.11. The quantitative estimate of drug-likeness (QED) is 0.881. The van der Waals surface area contributed by atoms with Crippen LogP contribution in [0.5, 0.6) is 0 Å². The number of nitrogens with zero attached hydrogens (tertiary/aromatic N) is 3. The zero-order valence-electron chi connectivity index (χ0n) is 12.4. The molecule has 2 aromatic rings. The molecule has 0 radical (unpaired) electrons. The maximum Gasteiger partial charge on any atom is 0.256 e. The van der Waals surface area contributed by atoms with Crippen molar-refractivity contribution in [2.24, 2.45) is 0 Å². The van der Waals surface area contributed by atoms with Gasteiger partial charge in [0.25, 0.3) is 5.91 Å². The van der Waals surface area contributed by atoms with Crippen LogP contribution in [0.3, 0.4) is 0 Å². The van der Waals surface area contributed by atoms with Gasteiger partial charge in [-0.1, -0.05) is 23.2 Å². The molecule has 1 N–H and O–H groups in total. The highest BCUT2D eigenvalue weighted by molar-refractivity contribution is 7.20. The molecule has 4 heterocycles. The molecule has 23 heavy (non-hydrogen) atoms. The number of rotatable bonds is 2. The van der Waals surface area contributed by atoms with E-state index >= 15 is 0 Å². The molecule has 2 aliphatic heterocycles. The van der Waals surface area contributed by atoms with E-state index in [1.807, 2.05) is 11.1 Å². The number of piperidine rings is 1. The molecule has 2 aliphatic rings. The minimum Gasteiger partial charge on any atom is -0.338 e. The molecule has 0 aromatic carbocycles. The summed E-state index contributed by atoms with van der Waals surface area (Å²) in [4.78, 5) is 14.4. The Morgan fingerprint density at radius 1 is 1.30 bits per heavy atom. The van der Waals surface area contributed by atoms with Crippen LogP contribution in [-0.4, -0.2) is 33.7 Å². The van der Waals surface area contributed by atoms with Crippen LogP contribution in [0.15, 0.2) is 12.3 Å². The zero-order valence-corrected chi connectivity index (χ0v) is 14.7. The van der Waals surface area contributed by atoms with E-state index in [1.54, 1.807) is 6.07 Å². The molecular weight excluding hydrogens is 355 g/mol. The summed E-state index contributed by atoms with van der Waals surface area (Å²) >= 11 is 13.3. The number of likely N-dealkylation sites (tertiary alicyclic amines) is 1. The van der Waals surface area contributed by atoms with Crippen molar-refractivity contribution >= 4 is 40.4 Å². The first kappa shape index (κ1) is 15.4. The molecule has 0 aliphatic carbocycles. The lowest BCUT2D eigenvalue weighted by Crippen LogP contribution is -2.39. The van der Waals surface area contributed by atoms with E-state index in [2.05, 4.69) is 15.1 Å². The highest BCUT2D eigenvalue weighted by Gasteiger charge is 2.29. The van der Waals surface area contributed by atoms with Gasteiger partial charge in [-0.2, -0.15) is 5.10 Å². The highest BCUT2D eigenvalue weighted by atomic mass is 35.5. The molecular formula is C15H16Cl2N4OS. The number of amides is 1. The monoisotopic (exact) mass is 370 g/mol. The Labute approximate surface area is 148 Å². The Balaban J connectivity index is 1.45. The number of fused-ring (bicyclic) bond motifs is 1. The van der Waals surface area contributed by atoms with Crippen molar-refractivity contribution in [3.8, 4) is 0 Å². The van der Waals surface area contributed by atoms with E-state index in [0.29, 0.717) is 20.3 Å².